The smallest absolute Gasteiger partial charge is 0.403 e. The van der Waals surface area contributed by atoms with Crippen LogP contribution in [0, 0.1) is 5.82 Å². The van der Waals surface area contributed by atoms with Gasteiger partial charge in [0, 0.05) is 30.4 Å². The van der Waals surface area contributed by atoms with Gasteiger partial charge < -0.3 is 15.4 Å². The molecule has 0 bridgehead atoms. The second kappa shape index (κ2) is 13.0. The van der Waals surface area contributed by atoms with Crippen molar-refractivity contribution < 1.29 is 45.5 Å². The first kappa shape index (κ1) is 28.8. The predicted molar refractivity (Wildman–Crippen MR) is 120 cm³/mol. The van der Waals surface area contributed by atoms with Gasteiger partial charge in [-0.25, -0.2) is 27.8 Å². The minimum absolute atomic E-state index is 0.0459. The summed E-state index contributed by atoms with van der Waals surface area (Å²) >= 11 is 0. The number of hydrogen-bond donors (Lipinski definition) is 5. The van der Waals surface area contributed by atoms with Crippen LogP contribution in [-0.4, -0.2) is 38.5 Å². The lowest BCUT2D eigenvalue weighted by atomic mass is 10.1. The fourth-order valence-electron chi connectivity index (χ4n) is 2.91. The molecule has 0 atom stereocenters. The van der Waals surface area contributed by atoms with E-state index in [-0.39, 0.29) is 29.2 Å². The molecule has 0 spiro atoms. The molecule has 0 fully saturated rings. The molecule has 0 aliphatic carbocycles. The average Bonchev–Trinajstić information content (AvgIpc) is 2.79. The molecule has 0 radical (unpaired) electrons. The highest BCUT2D eigenvalue weighted by molar-refractivity contribution is 7.89. The zero-order chi connectivity index (χ0) is 26.8. The highest BCUT2D eigenvalue weighted by Gasteiger charge is 2.32. The lowest BCUT2D eigenvalue weighted by Gasteiger charge is -2.12. The van der Waals surface area contributed by atoms with Gasteiger partial charge in [-0.15, -0.1) is 13.2 Å². The second-order valence-corrected chi connectivity index (χ2v) is 9.16. The Bertz CT molecular complexity index is 1140. The van der Waals surface area contributed by atoms with Crippen molar-refractivity contribution in [2.45, 2.75) is 43.4 Å². The lowest BCUT2D eigenvalue weighted by molar-refractivity contribution is -0.275. The molecule has 0 saturated heterocycles. The first-order valence-corrected chi connectivity index (χ1v) is 12.0. The van der Waals surface area contributed by atoms with E-state index in [1.807, 2.05) is 0 Å². The topological polar surface area (TPSA) is 146 Å². The van der Waals surface area contributed by atoms with E-state index < -0.39 is 39.9 Å². The summed E-state index contributed by atoms with van der Waals surface area (Å²) in [5.74, 6) is -2.86. The van der Waals surface area contributed by atoms with Crippen molar-refractivity contribution in [2.24, 2.45) is 0 Å². The number of anilines is 2. The van der Waals surface area contributed by atoms with Gasteiger partial charge >= 0.3 is 12.4 Å². The fourth-order valence-corrected chi connectivity index (χ4v) is 3.98. The number of alkyl halides is 3. The second-order valence-electron chi connectivity index (χ2n) is 7.39. The molecule has 198 valence electrons. The number of hydrogen-bond acceptors (Lipinski definition) is 6. The number of amides is 3. The minimum Gasteiger partial charge on any atom is -0.403 e. The van der Waals surface area contributed by atoms with Crippen molar-refractivity contribution in [3.63, 3.8) is 0 Å². The zero-order valence-electron chi connectivity index (χ0n) is 18.7. The zero-order valence-corrected chi connectivity index (χ0v) is 19.5. The molecular weight excluding hydrogens is 512 g/mol. The van der Waals surface area contributed by atoms with Crippen molar-refractivity contribution in [1.82, 2.24) is 10.2 Å². The number of ether oxygens (including phenoxy) is 1. The average molecular weight is 537 g/mol. The van der Waals surface area contributed by atoms with Crippen molar-refractivity contribution in [3.05, 3.63) is 48.3 Å². The fraction of sp³-hybridized carbons (Fsp3) is 0.333. The van der Waals surface area contributed by atoms with Crippen LogP contribution in [0.5, 0.6) is 5.75 Å². The van der Waals surface area contributed by atoms with Crippen LogP contribution in [0.1, 0.15) is 32.1 Å². The van der Waals surface area contributed by atoms with E-state index in [0.29, 0.717) is 37.8 Å². The van der Waals surface area contributed by atoms with Gasteiger partial charge in [0.25, 0.3) is 0 Å². The third-order valence-corrected chi connectivity index (χ3v) is 6.06. The molecule has 10 nitrogen and oxygen atoms in total. The highest BCUT2D eigenvalue weighted by Crippen LogP contribution is 2.27. The van der Waals surface area contributed by atoms with E-state index in [1.54, 1.807) is 0 Å². The maximum atomic E-state index is 13.7. The molecule has 2 aromatic rings. The number of nitrogens with one attached hydrogen (secondary N) is 4. The van der Waals surface area contributed by atoms with Crippen LogP contribution in [0.4, 0.5) is 33.7 Å². The maximum absolute atomic E-state index is 13.7. The van der Waals surface area contributed by atoms with Crippen LogP contribution in [0.15, 0.2) is 47.4 Å². The Morgan fingerprint density at radius 3 is 2.14 bits per heavy atom. The van der Waals surface area contributed by atoms with Crippen LogP contribution in [0.2, 0.25) is 0 Å². The minimum atomic E-state index is -5.07. The number of rotatable bonds is 12. The summed E-state index contributed by atoms with van der Waals surface area (Å²) in [7, 11) is -3.80. The van der Waals surface area contributed by atoms with Gasteiger partial charge in [0.05, 0.1) is 4.90 Å². The lowest BCUT2D eigenvalue weighted by Crippen LogP contribution is -2.25. The summed E-state index contributed by atoms with van der Waals surface area (Å²) in [4.78, 5) is 22.9. The van der Waals surface area contributed by atoms with Crippen LogP contribution >= 0.6 is 0 Å². The molecule has 36 heavy (non-hydrogen) atoms. The van der Waals surface area contributed by atoms with Crippen LogP contribution in [0.25, 0.3) is 0 Å². The molecule has 0 aliphatic rings. The number of carbonyl (C=O) groups is 2. The summed E-state index contributed by atoms with van der Waals surface area (Å²) in [5, 5.41) is 13.0. The van der Waals surface area contributed by atoms with Crippen molar-refractivity contribution >= 4 is 33.3 Å². The van der Waals surface area contributed by atoms with E-state index >= 15 is 0 Å². The molecule has 0 aliphatic heterocycles. The Labute approximate surface area is 204 Å². The normalized spacial score (nSPS) is 11.6. The molecule has 15 heteroatoms. The van der Waals surface area contributed by atoms with Crippen molar-refractivity contribution in [2.75, 3.05) is 17.2 Å². The van der Waals surface area contributed by atoms with Crippen LogP contribution in [-0.2, 0) is 14.8 Å². The Kier molecular flexibility index (Phi) is 10.4. The molecule has 2 aromatic carbocycles. The molecule has 5 N–H and O–H groups in total. The van der Waals surface area contributed by atoms with Crippen molar-refractivity contribution in [3.8, 4) is 5.75 Å². The largest absolute Gasteiger partial charge is 0.573 e. The molecular formula is C21H24F4N4O6S. The Balaban J connectivity index is 1.81. The van der Waals surface area contributed by atoms with Gasteiger partial charge in [-0.05, 0) is 49.2 Å². The van der Waals surface area contributed by atoms with E-state index in [9.17, 15) is 35.6 Å². The number of sulfonamides is 1. The number of urea groups is 1. The van der Waals surface area contributed by atoms with Crippen LogP contribution in [0.3, 0.4) is 0 Å². The summed E-state index contributed by atoms with van der Waals surface area (Å²) < 4.78 is 81.0. The Morgan fingerprint density at radius 1 is 0.917 bits per heavy atom. The first-order chi connectivity index (χ1) is 16.9. The van der Waals surface area contributed by atoms with Gasteiger partial charge in [0.1, 0.15) is 0 Å². The predicted octanol–water partition coefficient (Wildman–Crippen LogP) is 4.10. The van der Waals surface area contributed by atoms with Gasteiger partial charge in [0.15, 0.2) is 11.6 Å². The van der Waals surface area contributed by atoms with E-state index in [4.69, 9.17) is 5.21 Å². The Morgan fingerprint density at radius 2 is 1.53 bits per heavy atom. The highest BCUT2D eigenvalue weighted by atomic mass is 32.2. The summed E-state index contributed by atoms with van der Waals surface area (Å²) in [5.41, 5.74) is 1.60. The molecule has 0 aromatic heterocycles. The molecule has 2 rings (SSSR count). The number of unbranched alkanes of at least 4 members (excludes halogenated alkanes) is 3. The maximum Gasteiger partial charge on any atom is 0.573 e. The summed E-state index contributed by atoms with van der Waals surface area (Å²) in [6.07, 6.45) is -2.40. The SMILES string of the molecule is O=C(CCCCCCNS(=O)(=O)c1ccc(NC(=O)Nc2ccc(OC(F)(F)F)c(F)c2)cc1)NO. The first-order valence-electron chi connectivity index (χ1n) is 10.6. The standard InChI is InChI=1S/C21H24F4N4O6S/c22-17-13-15(8-11-18(17)35-21(23,24)25)28-20(31)27-14-6-9-16(10-7-14)36(33,34)26-12-4-2-1-3-5-19(30)29-32/h6-11,13,26,32H,1-5,12H2,(H,29,30)(H2,27,28,31). The summed E-state index contributed by atoms with van der Waals surface area (Å²) in [6, 6.07) is 6.68. The summed E-state index contributed by atoms with van der Waals surface area (Å²) in [6.45, 7) is 0.181. The van der Waals surface area contributed by atoms with E-state index in [0.717, 1.165) is 6.07 Å². The number of hydroxylamine groups is 1. The third-order valence-electron chi connectivity index (χ3n) is 4.59. The molecule has 0 heterocycles. The monoisotopic (exact) mass is 536 g/mol. The van der Waals surface area contributed by atoms with Gasteiger partial charge in [-0.1, -0.05) is 12.8 Å². The molecule has 3 amide bonds. The van der Waals surface area contributed by atoms with Crippen LogP contribution < -0.4 is 25.6 Å². The van der Waals surface area contributed by atoms with E-state index in [2.05, 4.69) is 20.1 Å². The number of halogens is 4. The van der Waals surface area contributed by atoms with E-state index in [1.165, 1.54) is 29.7 Å². The number of carbonyl (C=O) groups excluding carboxylic acids is 2. The van der Waals surface area contributed by atoms with Gasteiger partial charge in [-0.3, -0.25) is 10.0 Å². The molecule has 0 unspecified atom stereocenters. The number of benzene rings is 2. The quantitative estimate of drug-likeness (QED) is 0.120. The molecule has 0 saturated carbocycles. The Hall–Kier alpha value is -3.43. The van der Waals surface area contributed by atoms with Gasteiger partial charge in [0.2, 0.25) is 15.9 Å². The van der Waals surface area contributed by atoms with Gasteiger partial charge in [-0.2, -0.15) is 0 Å². The third kappa shape index (κ3) is 10.1. The van der Waals surface area contributed by atoms with Crippen molar-refractivity contribution in [1.29, 1.82) is 0 Å².